The molecule has 1 nitrogen and oxygen atoms in total. The third-order valence-corrected chi connectivity index (χ3v) is 12.8. The second-order valence-electron chi connectivity index (χ2n) is 17.0. The van der Waals surface area contributed by atoms with Crippen molar-refractivity contribution in [2.75, 3.05) is 4.90 Å². The largest absolute Gasteiger partial charge is 0.310 e. The maximum Gasteiger partial charge on any atom is 0.0540 e. The number of allylic oxidation sites excluding steroid dienone is 2. The van der Waals surface area contributed by atoms with E-state index in [4.69, 9.17) is 0 Å². The molecule has 0 amide bonds. The second kappa shape index (κ2) is 11.5. The van der Waals surface area contributed by atoms with Crippen molar-refractivity contribution in [3.63, 3.8) is 0 Å². The van der Waals surface area contributed by atoms with Crippen LogP contribution in [0.3, 0.4) is 0 Å². The smallest absolute Gasteiger partial charge is 0.0540 e. The number of nitrogens with zero attached hydrogens (tertiary/aromatic N) is 1. The molecular weight excluding hydrogens is 651 g/mol. The van der Waals surface area contributed by atoms with Gasteiger partial charge in [-0.2, -0.15) is 0 Å². The van der Waals surface area contributed by atoms with Gasteiger partial charge in [-0.3, -0.25) is 0 Å². The molecule has 0 radical (unpaired) electrons. The molecule has 3 aliphatic carbocycles. The Hall–Kier alpha value is -5.92. The van der Waals surface area contributed by atoms with Crippen LogP contribution in [-0.2, 0) is 16.2 Å². The first kappa shape index (κ1) is 32.7. The van der Waals surface area contributed by atoms with Gasteiger partial charge < -0.3 is 4.90 Å². The van der Waals surface area contributed by atoms with E-state index < -0.39 is 0 Å². The van der Waals surface area contributed by atoms with Crippen LogP contribution in [0.2, 0.25) is 0 Å². The lowest BCUT2D eigenvalue weighted by Crippen LogP contribution is -2.19. The number of rotatable bonds is 5. The Labute approximate surface area is 320 Å². The highest BCUT2D eigenvalue weighted by Crippen LogP contribution is 2.62. The topological polar surface area (TPSA) is 3.24 Å². The van der Waals surface area contributed by atoms with Gasteiger partial charge in [0, 0.05) is 33.2 Å². The zero-order chi connectivity index (χ0) is 37.0. The average Bonchev–Trinajstić information content (AvgIpc) is 3.70. The molecule has 1 heteroatoms. The lowest BCUT2D eigenvalue weighted by atomic mass is 9.75. The summed E-state index contributed by atoms with van der Waals surface area (Å²) in [7, 11) is 0. The van der Waals surface area contributed by atoms with Crippen molar-refractivity contribution in [3.8, 4) is 33.4 Å². The Morgan fingerprint density at radius 2 is 0.796 bits per heavy atom. The first-order valence-corrected chi connectivity index (χ1v) is 19.4. The first-order valence-electron chi connectivity index (χ1n) is 19.4. The molecular formula is C53H45N. The molecule has 7 aromatic rings. The maximum absolute atomic E-state index is 2.46. The van der Waals surface area contributed by atoms with Gasteiger partial charge in [0.2, 0.25) is 0 Å². The highest BCUT2D eigenvalue weighted by Gasteiger charge is 2.49. The van der Waals surface area contributed by atoms with Crippen LogP contribution in [-0.4, -0.2) is 0 Å². The monoisotopic (exact) mass is 695 g/mol. The van der Waals surface area contributed by atoms with Crippen LogP contribution in [0.4, 0.5) is 17.1 Å². The predicted octanol–water partition coefficient (Wildman–Crippen LogP) is 14.3. The maximum atomic E-state index is 2.46. The molecule has 0 unspecified atom stereocenters. The number of fused-ring (bicyclic) bond motifs is 7. The van der Waals surface area contributed by atoms with Crippen LogP contribution in [0.5, 0.6) is 0 Å². The summed E-state index contributed by atoms with van der Waals surface area (Å²) in [5.74, 6) is 0. The molecule has 54 heavy (non-hydrogen) atoms. The van der Waals surface area contributed by atoms with Crippen molar-refractivity contribution in [3.05, 3.63) is 197 Å². The van der Waals surface area contributed by atoms with Gasteiger partial charge in [0.15, 0.2) is 0 Å². The average molecular weight is 696 g/mol. The molecule has 0 fully saturated rings. The molecule has 0 atom stereocenters. The third-order valence-electron chi connectivity index (χ3n) is 12.8. The van der Waals surface area contributed by atoms with Crippen molar-refractivity contribution in [2.45, 2.75) is 57.8 Å². The van der Waals surface area contributed by atoms with E-state index in [2.05, 4.69) is 210 Å². The van der Waals surface area contributed by atoms with Crippen LogP contribution in [0.15, 0.2) is 164 Å². The van der Waals surface area contributed by atoms with E-state index in [0.717, 1.165) is 17.1 Å². The summed E-state index contributed by atoms with van der Waals surface area (Å²) in [4.78, 5) is 2.45. The van der Waals surface area contributed by atoms with Gasteiger partial charge in [-0.15, -0.1) is 0 Å². The summed E-state index contributed by atoms with van der Waals surface area (Å²) >= 11 is 0. The van der Waals surface area contributed by atoms with Crippen molar-refractivity contribution in [2.24, 2.45) is 0 Å². The van der Waals surface area contributed by atoms with Crippen LogP contribution in [0, 0.1) is 0 Å². The van der Waals surface area contributed by atoms with E-state index in [1.807, 2.05) is 0 Å². The lowest BCUT2D eigenvalue weighted by Gasteiger charge is -2.30. The summed E-state index contributed by atoms with van der Waals surface area (Å²) in [5, 5.41) is 0. The van der Waals surface area contributed by atoms with Crippen molar-refractivity contribution in [1.82, 2.24) is 0 Å². The van der Waals surface area contributed by atoms with E-state index in [1.165, 1.54) is 77.9 Å². The quantitative estimate of drug-likeness (QED) is 0.173. The minimum atomic E-state index is -0.0931. The van der Waals surface area contributed by atoms with Crippen LogP contribution < -0.4 is 4.90 Å². The summed E-state index contributed by atoms with van der Waals surface area (Å²) < 4.78 is 0. The fourth-order valence-electron chi connectivity index (χ4n) is 10.1. The Kier molecular flexibility index (Phi) is 6.99. The normalized spacial score (nSPS) is 16.3. The summed E-state index contributed by atoms with van der Waals surface area (Å²) in [6, 6.07) is 61.0. The minimum absolute atomic E-state index is 0.0212. The molecule has 10 rings (SSSR count). The fourth-order valence-corrected chi connectivity index (χ4v) is 10.1. The van der Waals surface area contributed by atoms with Gasteiger partial charge >= 0.3 is 0 Å². The molecule has 0 heterocycles. The van der Waals surface area contributed by atoms with Gasteiger partial charge in [-0.25, -0.2) is 0 Å². The number of anilines is 3. The number of hydrogen-bond acceptors (Lipinski definition) is 1. The molecule has 0 N–H and O–H groups in total. The molecule has 0 bridgehead atoms. The zero-order valence-electron chi connectivity index (χ0n) is 32.0. The van der Waals surface area contributed by atoms with Crippen molar-refractivity contribution in [1.29, 1.82) is 0 Å². The van der Waals surface area contributed by atoms with E-state index in [9.17, 15) is 0 Å². The SMILES string of the molecule is CC1(C)C2=C(c3ccccc31)C(C)(C)c1cc(-c3ccc(N(c4ccc5c(c4)C(C)(C)c4ccccc4-5)c4ccccc4-c4ccccc4)cc3)ccc12. The van der Waals surface area contributed by atoms with Crippen LogP contribution >= 0.6 is 0 Å². The number of benzene rings is 7. The standard InChI is InChI=1S/C53H45N/c1-51(2)44-21-13-10-19-40(44)41-31-29-38(33-47(41)51)54(48-23-15-12-18-39(48)35-16-8-7-9-17-35)37-27-24-34(25-28-37)36-26-30-43-46(32-36)53(5,6)49-42-20-11-14-22-45(42)52(3,4)50(43)49/h7-33H,1-6H3. The molecule has 0 aliphatic heterocycles. The first-order chi connectivity index (χ1) is 26.1. The minimum Gasteiger partial charge on any atom is -0.310 e. The summed E-state index contributed by atoms with van der Waals surface area (Å²) in [6.45, 7) is 14.3. The van der Waals surface area contributed by atoms with Gasteiger partial charge in [-0.1, -0.05) is 169 Å². The van der Waals surface area contributed by atoms with E-state index in [1.54, 1.807) is 0 Å². The van der Waals surface area contributed by atoms with E-state index in [-0.39, 0.29) is 16.2 Å². The van der Waals surface area contributed by atoms with Crippen molar-refractivity contribution < 1.29 is 0 Å². The molecule has 0 saturated heterocycles. The Morgan fingerprint density at radius 3 is 1.52 bits per heavy atom. The Bertz CT molecular complexity index is 2670. The molecule has 0 saturated carbocycles. The predicted molar refractivity (Wildman–Crippen MR) is 229 cm³/mol. The van der Waals surface area contributed by atoms with Crippen LogP contribution in [0.25, 0.3) is 44.5 Å². The second-order valence-corrected chi connectivity index (χ2v) is 17.0. The van der Waals surface area contributed by atoms with Gasteiger partial charge in [0.05, 0.1) is 5.69 Å². The van der Waals surface area contributed by atoms with Gasteiger partial charge in [0.1, 0.15) is 0 Å². The van der Waals surface area contributed by atoms with E-state index >= 15 is 0 Å². The Morgan fingerprint density at radius 1 is 0.315 bits per heavy atom. The highest BCUT2D eigenvalue weighted by atomic mass is 15.1. The molecule has 0 spiro atoms. The molecule has 3 aliphatic rings. The molecule has 0 aromatic heterocycles. The highest BCUT2D eigenvalue weighted by molar-refractivity contribution is 6.09. The Balaban J connectivity index is 1.08. The summed E-state index contributed by atoms with van der Waals surface area (Å²) in [5.41, 5.74) is 22.3. The lowest BCUT2D eigenvalue weighted by molar-refractivity contribution is 0.660. The van der Waals surface area contributed by atoms with Gasteiger partial charge in [-0.05, 0) is 109 Å². The molecule has 7 aromatic carbocycles. The third kappa shape index (κ3) is 4.57. The van der Waals surface area contributed by atoms with E-state index in [0.29, 0.717) is 0 Å². The molecule has 262 valence electrons. The van der Waals surface area contributed by atoms with Crippen LogP contribution in [0.1, 0.15) is 74.9 Å². The fraction of sp³-hybridized carbons (Fsp3) is 0.170. The zero-order valence-corrected chi connectivity index (χ0v) is 32.0. The van der Waals surface area contributed by atoms with Crippen molar-refractivity contribution >= 4 is 28.2 Å². The number of hydrogen-bond donors (Lipinski definition) is 0. The summed E-state index contributed by atoms with van der Waals surface area (Å²) in [6.07, 6.45) is 0. The van der Waals surface area contributed by atoms with Gasteiger partial charge in [0.25, 0.3) is 0 Å². The number of para-hydroxylation sites is 1.